The Hall–Kier alpha value is -1.71. The van der Waals surface area contributed by atoms with Gasteiger partial charge in [0, 0.05) is 11.5 Å². The molecule has 0 fully saturated rings. The fourth-order valence-electron chi connectivity index (χ4n) is 1.84. The number of hydrogen-bond acceptors (Lipinski definition) is 3. The van der Waals surface area contributed by atoms with Gasteiger partial charge in [-0.1, -0.05) is 23.7 Å². The first-order valence-corrected chi connectivity index (χ1v) is 6.59. The zero-order valence-electron chi connectivity index (χ0n) is 11.5. The molecule has 1 aromatic rings. The molecule has 0 spiro atoms. The van der Waals surface area contributed by atoms with E-state index in [0.717, 1.165) is 30.6 Å². The predicted molar refractivity (Wildman–Crippen MR) is 75.0 cm³/mol. The SMILES string of the molecule is CC(C)Oc1ccc(C(CCCCO)N=[N+]=[N-])cc1. The van der Waals surface area contributed by atoms with Gasteiger partial charge >= 0.3 is 0 Å². The molecule has 1 atom stereocenters. The van der Waals surface area contributed by atoms with E-state index in [-0.39, 0.29) is 18.8 Å². The molecule has 1 rings (SSSR count). The largest absolute Gasteiger partial charge is 0.491 e. The lowest BCUT2D eigenvalue weighted by atomic mass is 10.0. The minimum atomic E-state index is -0.176. The number of hydrogen-bond donors (Lipinski definition) is 1. The minimum Gasteiger partial charge on any atom is -0.491 e. The van der Waals surface area contributed by atoms with Gasteiger partial charge in [-0.3, -0.25) is 0 Å². The Labute approximate surface area is 113 Å². The fourth-order valence-corrected chi connectivity index (χ4v) is 1.84. The van der Waals surface area contributed by atoms with Crippen molar-refractivity contribution >= 4 is 0 Å². The summed E-state index contributed by atoms with van der Waals surface area (Å²) in [4.78, 5) is 2.89. The average Bonchev–Trinajstić information content (AvgIpc) is 2.38. The number of aliphatic hydroxyl groups excluding tert-OH is 1. The Kier molecular flexibility index (Phi) is 6.79. The first-order chi connectivity index (χ1) is 9.17. The molecule has 104 valence electrons. The minimum absolute atomic E-state index is 0.142. The third-order valence-electron chi connectivity index (χ3n) is 2.71. The summed E-state index contributed by atoms with van der Waals surface area (Å²) < 4.78 is 5.57. The average molecular weight is 263 g/mol. The molecule has 1 unspecified atom stereocenters. The third kappa shape index (κ3) is 5.64. The van der Waals surface area contributed by atoms with E-state index in [1.54, 1.807) is 0 Å². The molecule has 0 saturated carbocycles. The topological polar surface area (TPSA) is 78.2 Å². The van der Waals surface area contributed by atoms with Crippen LogP contribution in [0.25, 0.3) is 10.4 Å². The molecule has 0 saturated heterocycles. The van der Waals surface area contributed by atoms with Crippen LogP contribution in [0.2, 0.25) is 0 Å². The maximum Gasteiger partial charge on any atom is 0.119 e. The summed E-state index contributed by atoms with van der Waals surface area (Å²) in [6, 6.07) is 7.46. The fraction of sp³-hybridized carbons (Fsp3) is 0.571. The number of unbranched alkanes of at least 4 members (excludes halogenated alkanes) is 1. The van der Waals surface area contributed by atoms with Crippen LogP contribution < -0.4 is 4.74 Å². The molecule has 1 N–H and O–H groups in total. The monoisotopic (exact) mass is 263 g/mol. The van der Waals surface area contributed by atoms with Crippen molar-refractivity contribution < 1.29 is 9.84 Å². The summed E-state index contributed by atoms with van der Waals surface area (Å²) in [5.74, 6) is 0.814. The lowest BCUT2D eigenvalue weighted by molar-refractivity contribution is 0.242. The summed E-state index contributed by atoms with van der Waals surface area (Å²) in [7, 11) is 0. The van der Waals surface area contributed by atoms with E-state index in [9.17, 15) is 0 Å². The Morgan fingerprint density at radius 2 is 1.95 bits per heavy atom. The van der Waals surface area contributed by atoms with E-state index in [1.807, 2.05) is 38.1 Å². The van der Waals surface area contributed by atoms with Crippen molar-refractivity contribution in [2.45, 2.75) is 45.3 Å². The molecular weight excluding hydrogens is 242 g/mol. The summed E-state index contributed by atoms with van der Waals surface area (Å²) in [5.41, 5.74) is 9.59. The highest BCUT2D eigenvalue weighted by Crippen LogP contribution is 2.26. The Morgan fingerprint density at radius 1 is 1.26 bits per heavy atom. The van der Waals surface area contributed by atoms with E-state index in [0.29, 0.717) is 0 Å². The van der Waals surface area contributed by atoms with Crippen LogP contribution in [0.5, 0.6) is 5.75 Å². The number of rotatable bonds is 8. The van der Waals surface area contributed by atoms with Crippen LogP contribution in [0.3, 0.4) is 0 Å². The van der Waals surface area contributed by atoms with Crippen LogP contribution in [0.15, 0.2) is 29.4 Å². The number of benzene rings is 1. The molecular formula is C14H21N3O2. The Balaban J connectivity index is 2.70. The second-order valence-electron chi connectivity index (χ2n) is 4.68. The van der Waals surface area contributed by atoms with Gasteiger partial charge in [-0.15, -0.1) is 0 Å². The van der Waals surface area contributed by atoms with Crippen molar-refractivity contribution in [2.75, 3.05) is 6.61 Å². The van der Waals surface area contributed by atoms with Gasteiger partial charge in [0.15, 0.2) is 0 Å². The maximum atomic E-state index is 8.78. The summed E-state index contributed by atoms with van der Waals surface area (Å²) in [6.07, 6.45) is 2.45. The van der Waals surface area contributed by atoms with Gasteiger partial charge in [0.25, 0.3) is 0 Å². The molecule has 0 aliphatic carbocycles. The molecule has 5 nitrogen and oxygen atoms in total. The summed E-state index contributed by atoms with van der Waals surface area (Å²) >= 11 is 0. The van der Waals surface area contributed by atoms with Gasteiger partial charge in [-0.2, -0.15) is 0 Å². The molecule has 0 radical (unpaired) electrons. The van der Waals surface area contributed by atoms with Gasteiger partial charge in [-0.25, -0.2) is 0 Å². The first kappa shape index (κ1) is 15.3. The van der Waals surface area contributed by atoms with Crippen LogP contribution in [0.1, 0.15) is 44.7 Å². The lowest BCUT2D eigenvalue weighted by Gasteiger charge is -2.13. The van der Waals surface area contributed by atoms with Crippen molar-refractivity contribution in [3.05, 3.63) is 40.3 Å². The first-order valence-electron chi connectivity index (χ1n) is 6.59. The van der Waals surface area contributed by atoms with E-state index in [1.165, 1.54) is 0 Å². The van der Waals surface area contributed by atoms with Gasteiger partial charge in [-0.05, 0) is 49.9 Å². The molecule has 1 aromatic carbocycles. The van der Waals surface area contributed by atoms with Gasteiger partial charge < -0.3 is 9.84 Å². The highest BCUT2D eigenvalue weighted by Gasteiger charge is 2.09. The molecule has 0 bridgehead atoms. The van der Waals surface area contributed by atoms with Crippen LogP contribution in [0, 0.1) is 0 Å². The van der Waals surface area contributed by atoms with Crippen molar-refractivity contribution in [2.24, 2.45) is 5.11 Å². The molecule has 19 heavy (non-hydrogen) atoms. The highest BCUT2D eigenvalue weighted by atomic mass is 16.5. The van der Waals surface area contributed by atoms with Crippen LogP contribution in [-0.4, -0.2) is 17.8 Å². The quantitative estimate of drug-likeness (QED) is 0.333. The van der Waals surface area contributed by atoms with Crippen LogP contribution >= 0.6 is 0 Å². The van der Waals surface area contributed by atoms with Gasteiger partial charge in [0.1, 0.15) is 5.75 Å². The molecule has 0 amide bonds. The molecule has 0 heterocycles. The molecule has 0 aromatic heterocycles. The van der Waals surface area contributed by atoms with Crippen molar-refractivity contribution in [1.29, 1.82) is 0 Å². The van der Waals surface area contributed by atoms with Gasteiger partial charge in [0.2, 0.25) is 0 Å². The predicted octanol–water partition coefficient (Wildman–Crippen LogP) is 3.99. The molecule has 5 heteroatoms. The second-order valence-corrected chi connectivity index (χ2v) is 4.68. The number of azide groups is 1. The van der Waals surface area contributed by atoms with Gasteiger partial charge in [0.05, 0.1) is 12.1 Å². The molecule has 0 aliphatic heterocycles. The number of nitrogens with zero attached hydrogens (tertiary/aromatic N) is 3. The van der Waals surface area contributed by atoms with E-state index >= 15 is 0 Å². The lowest BCUT2D eigenvalue weighted by Crippen LogP contribution is -2.05. The van der Waals surface area contributed by atoms with E-state index in [4.69, 9.17) is 15.4 Å². The Bertz CT molecular complexity index is 411. The summed E-state index contributed by atoms with van der Waals surface area (Å²) in [5, 5.41) is 12.6. The van der Waals surface area contributed by atoms with Crippen molar-refractivity contribution in [3.63, 3.8) is 0 Å². The maximum absolute atomic E-state index is 8.78. The second kappa shape index (κ2) is 8.40. The van der Waals surface area contributed by atoms with Crippen molar-refractivity contribution in [1.82, 2.24) is 0 Å². The van der Waals surface area contributed by atoms with E-state index in [2.05, 4.69) is 10.0 Å². The normalized spacial score (nSPS) is 12.0. The standard InChI is InChI=1S/C14H21N3O2/c1-11(2)19-13-8-6-12(7-9-13)14(16-17-15)5-3-4-10-18/h6-9,11,14,18H,3-5,10H2,1-2H3. The third-order valence-corrected chi connectivity index (χ3v) is 2.71. The smallest absolute Gasteiger partial charge is 0.119 e. The zero-order valence-corrected chi connectivity index (χ0v) is 11.5. The van der Waals surface area contributed by atoms with Crippen LogP contribution in [-0.2, 0) is 0 Å². The van der Waals surface area contributed by atoms with Crippen molar-refractivity contribution in [3.8, 4) is 5.75 Å². The highest BCUT2D eigenvalue weighted by molar-refractivity contribution is 5.29. The molecule has 0 aliphatic rings. The number of ether oxygens (including phenoxy) is 1. The van der Waals surface area contributed by atoms with E-state index < -0.39 is 0 Å². The zero-order chi connectivity index (χ0) is 14.1. The summed E-state index contributed by atoms with van der Waals surface area (Å²) in [6.45, 7) is 4.13. The van der Waals surface area contributed by atoms with Crippen LogP contribution in [0.4, 0.5) is 0 Å². The number of aliphatic hydroxyl groups is 1. The Morgan fingerprint density at radius 3 is 2.47 bits per heavy atom.